The molecule has 2 heterocycles. The van der Waals surface area contributed by atoms with E-state index < -0.39 is 36.6 Å². The van der Waals surface area contributed by atoms with Crippen molar-refractivity contribution in [2.45, 2.75) is 37.9 Å². The summed E-state index contributed by atoms with van der Waals surface area (Å²) >= 11 is 2.75. The van der Waals surface area contributed by atoms with Gasteiger partial charge in [0.25, 0.3) is 5.91 Å². The summed E-state index contributed by atoms with van der Waals surface area (Å²) in [6, 6.07) is 2.76. The van der Waals surface area contributed by atoms with Gasteiger partial charge in [-0.3, -0.25) is 4.79 Å². The molecule has 1 fully saturated rings. The zero-order valence-electron chi connectivity index (χ0n) is 14.1. The number of rotatable bonds is 5. The number of ether oxygens (including phenoxy) is 1. The summed E-state index contributed by atoms with van der Waals surface area (Å²) in [5.41, 5.74) is 0.0713. The molecule has 1 saturated carbocycles. The van der Waals surface area contributed by atoms with Crippen molar-refractivity contribution < 1.29 is 27.5 Å². The van der Waals surface area contributed by atoms with E-state index in [2.05, 4.69) is 10.3 Å². The van der Waals surface area contributed by atoms with Crippen LogP contribution in [0.1, 0.15) is 36.2 Å². The second-order valence-corrected chi connectivity index (χ2v) is 8.00. The Morgan fingerprint density at radius 1 is 1.26 bits per heavy atom. The summed E-state index contributed by atoms with van der Waals surface area (Å²) in [6.45, 7) is -0.633. The number of carbonyl (C=O) groups is 2. The van der Waals surface area contributed by atoms with Gasteiger partial charge in [-0.2, -0.15) is 13.2 Å². The van der Waals surface area contributed by atoms with E-state index in [9.17, 15) is 22.8 Å². The summed E-state index contributed by atoms with van der Waals surface area (Å²) < 4.78 is 44.1. The average molecular weight is 418 g/mol. The predicted octanol–water partition coefficient (Wildman–Crippen LogP) is 4.27. The second-order valence-electron chi connectivity index (χ2n) is 6.20. The van der Waals surface area contributed by atoms with Crippen molar-refractivity contribution in [1.29, 1.82) is 0 Å². The summed E-state index contributed by atoms with van der Waals surface area (Å²) in [5.74, 6) is -3.07. The van der Waals surface area contributed by atoms with E-state index in [1.54, 1.807) is 0 Å². The molecule has 0 radical (unpaired) electrons. The highest BCUT2D eigenvalue weighted by Gasteiger charge is 2.45. The Labute approximate surface area is 161 Å². The van der Waals surface area contributed by atoms with E-state index in [-0.39, 0.29) is 18.5 Å². The molecule has 1 amide bonds. The van der Waals surface area contributed by atoms with Gasteiger partial charge >= 0.3 is 12.1 Å². The smallest absolute Gasteiger partial charge is 0.393 e. The number of hydrogen-bond acceptors (Lipinski definition) is 6. The first-order valence-electron chi connectivity index (χ1n) is 8.37. The highest BCUT2D eigenvalue weighted by molar-refractivity contribution is 7.20. The van der Waals surface area contributed by atoms with Crippen molar-refractivity contribution in [2.75, 3.05) is 6.61 Å². The number of nitrogens with one attached hydrogen (secondary N) is 1. The molecule has 1 aliphatic rings. The van der Waals surface area contributed by atoms with Crippen molar-refractivity contribution in [3.05, 3.63) is 28.6 Å². The van der Waals surface area contributed by atoms with Crippen molar-refractivity contribution in [2.24, 2.45) is 5.92 Å². The predicted molar refractivity (Wildman–Crippen MR) is 95.7 cm³/mol. The van der Waals surface area contributed by atoms with Gasteiger partial charge in [0, 0.05) is 11.4 Å². The third-order valence-corrected chi connectivity index (χ3v) is 6.19. The third kappa shape index (κ3) is 5.07. The molecular weight excluding hydrogens is 401 g/mol. The van der Waals surface area contributed by atoms with Crippen LogP contribution >= 0.6 is 22.7 Å². The van der Waals surface area contributed by atoms with Crippen molar-refractivity contribution >= 4 is 34.6 Å². The minimum atomic E-state index is -4.35. The molecule has 10 heteroatoms. The summed E-state index contributed by atoms with van der Waals surface area (Å²) in [5, 5.41) is 6.43. The first-order valence-corrected chi connectivity index (χ1v) is 10.1. The van der Waals surface area contributed by atoms with Gasteiger partial charge in [0.05, 0.1) is 10.8 Å². The van der Waals surface area contributed by atoms with E-state index in [0.29, 0.717) is 17.8 Å². The summed E-state index contributed by atoms with van der Waals surface area (Å²) in [7, 11) is 0. The molecule has 3 rings (SSSR count). The summed E-state index contributed by atoms with van der Waals surface area (Å²) in [6.07, 6.45) is -2.98. The Balaban J connectivity index is 1.52. The van der Waals surface area contributed by atoms with Crippen molar-refractivity contribution in [3.8, 4) is 9.88 Å². The monoisotopic (exact) mass is 418 g/mol. The molecule has 5 nitrogen and oxygen atoms in total. The lowest BCUT2D eigenvalue weighted by Crippen LogP contribution is -2.48. The number of thiazole rings is 1. The normalized spacial score (nSPS) is 20.3. The standard InChI is InChI=1S/C17H17F3N2O3S2/c18-17(19,20)10-4-1-2-5-11(10)21-14(23)8-25-16(24)12-9-27-15(22-12)13-6-3-7-26-13/h3,6-7,9-11H,1-2,4-5,8H2,(H,21,23)/t10-,11+/m0/s1. The van der Waals surface area contributed by atoms with Crippen LogP contribution in [0.4, 0.5) is 13.2 Å². The van der Waals surface area contributed by atoms with Crippen LogP contribution in [0.2, 0.25) is 0 Å². The molecule has 0 saturated heterocycles. The molecule has 146 valence electrons. The number of esters is 1. The maximum Gasteiger partial charge on any atom is 0.393 e. The zero-order chi connectivity index (χ0) is 19.4. The van der Waals surface area contributed by atoms with Gasteiger partial charge in [0.2, 0.25) is 0 Å². The number of carbonyl (C=O) groups excluding carboxylic acids is 2. The fourth-order valence-corrected chi connectivity index (χ4v) is 4.63. The molecule has 0 unspecified atom stereocenters. The van der Waals surface area contributed by atoms with E-state index >= 15 is 0 Å². The number of hydrogen-bond donors (Lipinski definition) is 1. The number of aromatic nitrogens is 1. The van der Waals surface area contributed by atoms with Crippen LogP contribution in [0.15, 0.2) is 22.9 Å². The van der Waals surface area contributed by atoms with Gasteiger partial charge in [0.15, 0.2) is 12.3 Å². The summed E-state index contributed by atoms with van der Waals surface area (Å²) in [4.78, 5) is 29.0. The Morgan fingerprint density at radius 3 is 2.74 bits per heavy atom. The van der Waals surface area contributed by atoms with E-state index in [1.807, 2.05) is 17.5 Å². The Kier molecular flexibility index (Phi) is 6.15. The molecule has 0 spiro atoms. The Bertz CT molecular complexity index is 790. The maximum atomic E-state index is 13.1. The average Bonchev–Trinajstić information content (AvgIpc) is 3.30. The Hall–Kier alpha value is -1.94. The fourth-order valence-electron chi connectivity index (χ4n) is 3.03. The van der Waals surface area contributed by atoms with E-state index in [0.717, 1.165) is 4.88 Å². The van der Waals surface area contributed by atoms with Gasteiger partial charge in [-0.25, -0.2) is 9.78 Å². The number of alkyl halides is 3. The van der Waals surface area contributed by atoms with E-state index in [4.69, 9.17) is 4.74 Å². The second kappa shape index (κ2) is 8.39. The molecule has 0 aromatic carbocycles. The molecular formula is C17H17F3N2O3S2. The molecule has 2 atom stereocenters. The lowest BCUT2D eigenvalue weighted by atomic mass is 9.84. The third-order valence-electron chi connectivity index (χ3n) is 4.31. The van der Waals surface area contributed by atoms with E-state index in [1.165, 1.54) is 28.1 Å². The lowest BCUT2D eigenvalue weighted by Gasteiger charge is -2.33. The molecule has 0 aliphatic heterocycles. The van der Waals surface area contributed by atoms with Gasteiger partial charge in [0.1, 0.15) is 5.01 Å². The highest BCUT2D eigenvalue weighted by Crippen LogP contribution is 2.37. The molecule has 0 bridgehead atoms. The van der Waals surface area contributed by atoms with Crippen LogP contribution in [0.25, 0.3) is 9.88 Å². The van der Waals surface area contributed by atoms with Crippen LogP contribution in [0, 0.1) is 5.92 Å². The van der Waals surface area contributed by atoms with Crippen LogP contribution in [-0.4, -0.2) is 35.7 Å². The van der Waals surface area contributed by atoms with Gasteiger partial charge in [-0.1, -0.05) is 18.9 Å². The first-order chi connectivity index (χ1) is 12.8. The van der Waals surface area contributed by atoms with Crippen LogP contribution in [-0.2, 0) is 9.53 Å². The van der Waals surface area contributed by atoms with Gasteiger partial charge in [-0.15, -0.1) is 22.7 Å². The number of amides is 1. The Morgan fingerprint density at radius 2 is 2.04 bits per heavy atom. The first kappa shape index (κ1) is 19.8. The largest absolute Gasteiger partial charge is 0.451 e. The fraction of sp³-hybridized carbons (Fsp3) is 0.471. The molecule has 1 aliphatic carbocycles. The number of halogens is 3. The van der Waals surface area contributed by atoms with Crippen molar-refractivity contribution in [3.63, 3.8) is 0 Å². The SMILES string of the molecule is O=C(COC(=O)c1csc(-c2cccs2)n1)N[C@@H]1CCCC[C@@H]1C(F)(F)F. The van der Waals surface area contributed by atoms with Crippen LogP contribution < -0.4 is 5.32 Å². The zero-order valence-corrected chi connectivity index (χ0v) is 15.8. The molecule has 27 heavy (non-hydrogen) atoms. The number of nitrogens with zero attached hydrogens (tertiary/aromatic N) is 1. The molecule has 2 aromatic heterocycles. The number of thiophene rings is 1. The maximum absolute atomic E-state index is 13.1. The quantitative estimate of drug-likeness (QED) is 0.737. The topological polar surface area (TPSA) is 68.3 Å². The lowest BCUT2D eigenvalue weighted by molar-refractivity contribution is -0.189. The van der Waals surface area contributed by atoms with Gasteiger partial charge < -0.3 is 10.1 Å². The highest BCUT2D eigenvalue weighted by atomic mass is 32.1. The molecule has 2 aromatic rings. The van der Waals surface area contributed by atoms with Gasteiger partial charge in [-0.05, 0) is 24.3 Å². The minimum absolute atomic E-state index is 0.00143. The van der Waals surface area contributed by atoms with Crippen LogP contribution in [0.5, 0.6) is 0 Å². The van der Waals surface area contributed by atoms with Crippen molar-refractivity contribution in [1.82, 2.24) is 10.3 Å². The minimum Gasteiger partial charge on any atom is -0.451 e. The van der Waals surface area contributed by atoms with Crippen LogP contribution in [0.3, 0.4) is 0 Å². The molecule has 1 N–H and O–H groups in total.